The summed E-state index contributed by atoms with van der Waals surface area (Å²) in [4.78, 5) is 17.3. The molecule has 0 saturated carbocycles. The monoisotopic (exact) mass is 324 g/mol. The number of nitrogens with zero attached hydrogens (tertiary/aromatic N) is 2. The van der Waals surface area contributed by atoms with Gasteiger partial charge in [0.25, 0.3) is 0 Å². The van der Waals surface area contributed by atoms with Crippen molar-refractivity contribution >= 4 is 5.91 Å². The lowest BCUT2D eigenvalue weighted by molar-refractivity contribution is -0.137. The molecule has 126 valence electrons. The van der Waals surface area contributed by atoms with Gasteiger partial charge in [-0.25, -0.2) is 0 Å². The highest BCUT2D eigenvalue weighted by molar-refractivity contribution is 5.86. The lowest BCUT2D eigenvalue weighted by atomic mass is 9.68. The fourth-order valence-corrected chi connectivity index (χ4v) is 4.47. The molecule has 2 aromatic rings. The second-order valence-corrected chi connectivity index (χ2v) is 7.16. The summed E-state index contributed by atoms with van der Waals surface area (Å²) in [6, 6.07) is 14.5. The summed E-state index contributed by atoms with van der Waals surface area (Å²) in [7, 11) is 1.95. The Morgan fingerprint density at radius 1 is 1.12 bits per heavy atom. The van der Waals surface area contributed by atoms with Crippen molar-refractivity contribution in [3.05, 3.63) is 60.1 Å². The van der Waals surface area contributed by atoms with Crippen LogP contribution < -0.4 is 0 Å². The van der Waals surface area contributed by atoms with E-state index in [1.807, 2.05) is 30.1 Å². The van der Waals surface area contributed by atoms with Gasteiger partial charge < -0.3 is 9.32 Å². The quantitative estimate of drug-likeness (QED) is 0.870. The third-order valence-electron chi connectivity index (χ3n) is 5.81. The van der Waals surface area contributed by atoms with Crippen LogP contribution in [0, 0.1) is 5.41 Å². The molecule has 2 saturated heterocycles. The van der Waals surface area contributed by atoms with Crippen molar-refractivity contribution in [2.24, 2.45) is 5.41 Å². The Balaban J connectivity index is 1.53. The molecule has 0 radical (unpaired) electrons. The van der Waals surface area contributed by atoms with E-state index in [0.717, 1.165) is 44.8 Å². The maximum atomic E-state index is 13.0. The van der Waals surface area contributed by atoms with Gasteiger partial charge in [-0.3, -0.25) is 9.69 Å². The van der Waals surface area contributed by atoms with E-state index in [4.69, 9.17) is 4.42 Å². The summed E-state index contributed by atoms with van der Waals surface area (Å²) in [6.07, 6.45) is 3.58. The van der Waals surface area contributed by atoms with Gasteiger partial charge in [-0.2, -0.15) is 0 Å². The number of likely N-dealkylation sites (tertiary alicyclic amines) is 2. The number of rotatable bonds is 3. The first-order chi connectivity index (χ1) is 11.7. The summed E-state index contributed by atoms with van der Waals surface area (Å²) in [6.45, 7) is 3.57. The Hall–Kier alpha value is -2.07. The van der Waals surface area contributed by atoms with E-state index in [9.17, 15) is 4.79 Å². The molecule has 0 aliphatic carbocycles. The SMILES string of the molecule is CN1C[C@@H](c2ccccc2)C2(CCN(Cc3ccco3)CC2)C1=O. The van der Waals surface area contributed by atoms with Crippen LogP contribution in [0.4, 0.5) is 0 Å². The van der Waals surface area contributed by atoms with Crippen LogP contribution in [0.25, 0.3) is 0 Å². The maximum absolute atomic E-state index is 13.0. The Kier molecular flexibility index (Phi) is 3.93. The van der Waals surface area contributed by atoms with Gasteiger partial charge in [0.1, 0.15) is 5.76 Å². The zero-order chi connectivity index (χ0) is 16.6. The van der Waals surface area contributed by atoms with E-state index >= 15 is 0 Å². The first-order valence-electron chi connectivity index (χ1n) is 8.74. The van der Waals surface area contributed by atoms with E-state index in [1.54, 1.807) is 6.26 Å². The number of carbonyl (C=O) groups excluding carboxylic acids is 1. The highest BCUT2D eigenvalue weighted by Gasteiger charge is 2.54. The Morgan fingerprint density at radius 2 is 1.88 bits per heavy atom. The summed E-state index contributed by atoms with van der Waals surface area (Å²) < 4.78 is 5.47. The van der Waals surface area contributed by atoms with Gasteiger partial charge in [-0.05, 0) is 43.6 Å². The van der Waals surface area contributed by atoms with Crippen LogP contribution in [0.3, 0.4) is 0 Å². The number of hydrogen-bond donors (Lipinski definition) is 0. The second kappa shape index (κ2) is 6.10. The smallest absolute Gasteiger partial charge is 0.229 e. The van der Waals surface area contributed by atoms with Gasteiger partial charge in [-0.15, -0.1) is 0 Å². The molecule has 4 nitrogen and oxygen atoms in total. The largest absolute Gasteiger partial charge is 0.468 e. The van der Waals surface area contributed by atoms with Crippen LogP contribution in [-0.4, -0.2) is 42.4 Å². The third kappa shape index (κ3) is 2.55. The van der Waals surface area contributed by atoms with Crippen molar-refractivity contribution in [3.8, 4) is 0 Å². The maximum Gasteiger partial charge on any atom is 0.229 e. The minimum atomic E-state index is -0.226. The fourth-order valence-electron chi connectivity index (χ4n) is 4.47. The molecule has 2 aliphatic heterocycles. The molecule has 4 heteroatoms. The predicted molar refractivity (Wildman–Crippen MR) is 92.5 cm³/mol. The molecular weight excluding hydrogens is 300 g/mol. The Morgan fingerprint density at radius 3 is 2.54 bits per heavy atom. The summed E-state index contributed by atoms with van der Waals surface area (Å²) in [5, 5.41) is 0. The van der Waals surface area contributed by atoms with Gasteiger partial charge in [0.15, 0.2) is 0 Å². The van der Waals surface area contributed by atoms with Crippen molar-refractivity contribution in [3.63, 3.8) is 0 Å². The molecule has 2 aliphatic rings. The lowest BCUT2D eigenvalue weighted by Gasteiger charge is -2.41. The Bertz CT molecular complexity index is 688. The van der Waals surface area contributed by atoms with Gasteiger partial charge in [0.05, 0.1) is 18.2 Å². The fraction of sp³-hybridized carbons (Fsp3) is 0.450. The number of carbonyl (C=O) groups is 1. The Labute approximate surface area is 143 Å². The summed E-state index contributed by atoms with van der Waals surface area (Å²) in [5.41, 5.74) is 1.07. The average Bonchev–Trinajstić information content (AvgIpc) is 3.21. The molecule has 0 bridgehead atoms. The van der Waals surface area contributed by atoms with Gasteiger partial charge >= 0.3 is 0 Å². The van der Waals surface area contributed by atoms with E-state index in [1.165, 1.54) is 5.56 Å². The number of furan rings is 1. The molecule has 1 aromatic carbocycles. The summed E-state index contributed by atoms with van der Waals surface area (Å²) in [5.74, 6) is 1.64. The molecule has 1 spiro atoms. The molecule has 0 N–H and O–H groups in total. The van der Waals surface area contributed by atoms with Crippen molar-refractivity contribution in [1.82, 2.24) is 9.80 Å². The minimum Gasteiger partial charge on any atom is -0.468 e. The first-order valence-corrected chi connectivity index (χ1v) is 8.74. The van der Waals surface area contributed by atoms with Crippen LogP contribution >= 0.6 is 0 Å². The van der Waals surface area contributed by atoms with Crippen molar-refractivity contribution in [2.45, 2.75) is 25.3 Å². The zero-order valence-corrected chi connectivity index (χ0v) is 14.1. The molecule has 2 fully saturated rings. The summed E-state index contributed by atoms with van der Waals surface area (Å²) >= 11 is 0. The van der Waals surface area contributed by atoms with Crippen molar-refractivity contribution < 1.29 is 9.21 Å². The molecule has 1 aromatic heterocycles. The van der Waals surface area contributed by atoms with E-state index < -0.39 is 0 Å². The molecule has 0 unspecified atom stereocenters. The number of amides is 1. The molecule has 1 amide bonds. The van der Waals surface area contributed by atoms with Crippen molar-refractivity contribution in [2.75, 3.05) is 26.7 Å². The highest BCUT2D eigenvalue weighted by atomic mass is 16.3. The number of benzene rings is 1. The van der Waals surface area contributed by atoms with Crippen LogP contribution in [-0.2, 0) is 11.3 Å². The highest BCUT2D eigenvalue weighted by Crippen LogP contribution is 2.50. The van der Waals surface area contributed by atoms with E-state index in [0.29, 0.717) is 11.8 Å². The number of piperidine rings is 1. The minimum absolute atomic E-state index is 0.226. The lowest BCUT2D eigenvalue weighted by Crippen LogP contribution is -2.45. The zero-order valence-electron chi connectivity index (χ0n) is 14.1. The molecular formula is C20H24N2O2. The van der Waals surface area contributed by atoms with Crippen LogP contribution in [0.2, 0.25) is 0 Å². The second-order valence-electron chi connectivity index (χ2n) is 7.16. The van der Waals surface area contributed by atoms with E-state index in [-0.39, 0.29) is 5.41 Å². The van der Waals surface area contributed by atoms with Gasteiger partial charge in [-0.1, -0.05) is 30.3 Å². The van der Waals surface area contributed by atoms with Crippen LogP contribution in [0.5, 0.6) is 0 Å². The average molecular weight is 324 g/mol. The third-order valence-corrected chi connectivity index (χ3v) is 5.81. The van der Waals surface area contributed by atoms with E-state index in [2.05, 4.69) is 29.2 Å². The topological polar surface area (TPSA) is 36.7 Å². The van der Waals surface area contributed by atoms with Gasteiger partial charge in [0, 0.05) is 19.5 Å². The number of likely N-dealkylation sites (N-methyl/N-ethyl adjacent to an activating group) is 1. The first kappa shape index (κ1) is 15.5. The van der Waals surface area contributed by atoms with Gasteiger partial charge in [0.2, 0.25) is 5.91 Å². The molecule has 24 heavy (non-hydrogen) atoms. The molecule has 3 heterocycles. The number of hydrogen-bond acceptors (Lipinski definition) is 3. The predicted octanol–water partition coefficient (Wildman–Crippen LogP) is 3.12. The molecule has 4 rings (SSSR count). The normalized spacial score (nSPS) is 24.0. The van der Waals surface area contributed by atoms with Crippen LogP contribution in [0.15, 0.2) is 53.1 Å². The van der Waals surface area contributed by atoms with Crippen molar-refractivity contribution in [1.29, 1.82) is 0 Å². The standard InChI is InChI=1S/C20H24N2O2/c1-21-15-18(16-6-3-2-4-7-16)20(19(21)23)9-11-22(12-10-20)14-17-8-5-13-24-17/h2-8,13,18H,9-12,14-15H2,1H3/t18-/m0/s1. The molecule has 1 atom stereocenters. The van der Waals surface area contributed by atoms with Crippen LogP contribution in [0.1, 0.15) is 30.1 Å².